The maximum absolute atomic E-state index is 11.9. The molecule has 0 radical (unpaired) electrons. The number of nitrogens with zero attached hydrogens (tertiary/aromatic N) is 1. The van der Waals surface area contributed by atoms with Crippen LogP contribution in [0.15, 0.2) is 54.6 Å². The summed E-state index contributed by atoms with van der Waals surface area (Å²) >= 11 is 0. The van der Waals surface area contributed by atoms with E-state index in [9.17, 15) is 19.7 Å². The van der Waals surface area contributed by atoms with Gasteiger partial charge < -0.3 is 9.47 Å². The van der Waals surface area contributed by atoms with Crippen LogP contribution in [0.5, 0.6) is 0 Å². The van der Waals surface area contributed by atoms with E-state index in [-0.39, 0.29) is 5.69 Å². The van der Waals surface area contributed by atoms with Crippen LogP contribution in [0.1, 0.15) is 34.5 Å². The molecule has 26 heavy (non-hydrogen) atoms. The van der Waals surface area contributed by atoms with Gasteiger partial charge in [0.2, 0.25) is 0 Å². The van der Waals surface area contributed by atoms with Crippen molar-refractivity contribution in [2.75, 3.05) is 7.11 Å². The van der Waals surface area contributed by atoms with Gasteiger partial charge in [-0.25, -0.2) is 9.59 Å². The molecule has 0 heterocycles. The lowest BCUT2D eigenvalue weighted by Gasteiger charge is -2.12. The number of para-hydroxylation sites is 1. The molecule has 0 aliphatic heterocycles. The summed E-state index contributed by atoms with van der Waals surface area (Å²) in [6, 6.07) is 12.6. The summed E-state index contributed by atoms with van der Waals surface area (Å²) < 4.78 is 9.83. The van der Waals surface area contributed by atoms with Crippen molar-refractivity contribution in [2.45, 2.75) is 13.0 Å². The minimum absolute atomic E-state index is 0.102. The molecule has 2 rings (SSSR count). The second-order valence-corrected chi connectivity index (χ2v) is 5.34. The maximum Gasteiger partial charge on any atom is 0.337 e. The predicted octanol–water partition coefficient (Wildman–Crippen LogP) is 3.70. The molecular formula is C19H17NO6. The number of esters is 2. The zero-order valence-electron chi connectivity index (χ0n) is 14.2. The Morgan fingerprint density at radius 1 is 1.12 bits per heavy atom. The van der Waals surface area contributed by atoms with E-state index in [1.54, 1.807) is 49.4 Å². The molecule has 0 aromatic heterocycles. The third-order valence-corrected chi connectivity index (χ3v) is 3.61. The molecule has 0 saturated heterocycles. The molecule has 134 valence electrons. The summed E-state index contributed by atoms with van der Waals surface area (Å²) in [4.78, 5) is 33.8. The van der Waals surface area contributed by atoms with E-state index >= 15 is 0 Å². The molecule has 0 bridgehead atoms. The van der Waals surface area contributed by atoms with Crippen molar-refractivity contribution in [3.63, 3.8) is 0 Å². The number of ether oxygens (including phenoxy) is 2. The van der Waals surface area contributed by atoms with Gasteiger partial charge >= 0.3 is 11.9 Å². The van der Waals surface area contributed by atoms with Crippen LogP contribution in [0.25, 0.3) is 6.08 Å². The number of nitro benzene ring substituents is 1. The lowest BCUT2D eigenvalue weighted by atomic mass is 10.1. The molecule has 2 aromatic carbocycles. The molecule has 0 aliphatic rings. The smallest absolute Gasteiger partial charge is 0.337 e. The quantitative estimate of drug-likeness (QED) is 0.339. The Balaban J connectivity index is 2.03. The fourth-order valence-corrected chi connectivity index (χ4v) is 2.29. The summed E-state index contributed by atoms with van der Waals surface area (Å²) in [5.41, 5.74) is 1.31. The third-order valence-electron chi connectivity index (χ3n) is 3.61. The van der Waals surface area contributed by atoms with Crippen LogP contribution in [0.3, 0.4) is 0 Å². The molecule has 0 amide bonds. The Hall–Kier alpha value is -3.48. The lowest BCUT2D eigenvalue weighted by Crippen LogP contribution is -2.08. The van der Waals surface area contributed by atoms with E-state index in [4.69, 9.17) is 4.74 Å². The highest BCUT2D eigenvalue weighted by Crippen LogP contribution is 2.27. The molecule has 7 nitrogen and oxygen atoms in total. The van der Waals surface area contributed by atoms with Crippen molar-refractivity contribution in [3.8, 4) is 0 Å². The Morgan fingerprint density at radius 2 is 1.77 bits per heavy atom. The molecular weight excluding hydrogens is 338 g/mol. The van der Waals surface area contributed by atoms with Crippen LogP contribution in [0.2, 0.25) is 0 Å². The molecule has 2 aromatic rings. The molecule has 1 unspecified atom stereocenters. The van der Waals surface area contributed by atoms with Crippen molar-refractivity contribution in [1.29, 1.82) is 0 Å². The van der Waals surface area contributed by atoms with Gasteiger partial charge in [-0.05, 0) is 36.8 Å². The number of carbonyl (C=O) groups excluding carboxylic acids is 2. The Labute approximate surface area is 150 Å². The SMILES string of the molecule is COC(=O)c1ccc(/C=C/C(=O)OC(C)c2ccccc2[N+](=O)[O-])cc1. The van der Waals surface area contributed by atoms with E-state index in [0.717, 1.165) is 0 Å². The number of hydrogen-bond donors (Lipinski definition) is 0. The van der Waals surface area contributed by atoms with Gasteiger partial charge in [0.15, 0.2) is 0 Å². The average Bonchev–Trinajstić information content (AvgIpc) is 2.66. The van der Waals surface area contributed by atoms with Crippen molar-refractivity contribution in [2.24, 2.45) is 0 Å². The monoisotopic (exact) mass is 355 g/mol. The highest BCUT2D eigenvalue weighted by Gasteiger charge is 2.20. The first-order chi connectivity index (χ1) is 12.4. The summed E-state index contributed by atoms with van der Waals surface area (Å²) in [6.07, 6.45) is 1.98. The van der Waals surface area contributed by atoms with Crippen LogP contribution in [0.4, 0.5) is 5.69 Å². The largest absolute Gasteiger partial charge is 0.465 e. The number of nitro groups is 1. The van der Waals surface area contributed by atoms with E-state index in [1.165, 1.54) is 25.3 Å². The van der Waals surface area contributed by atoms with Gasteiger partial charge in [-0.1, -0.05) is 24.3 Å². The van der Waals surface area contributed by atoms with Crippen LogP contribution < -0.4 is 0 Å². The second kappa shape index (κ2) is 8.57. The van der Waals surface area contributed by atoms with Crippen LogP contribution in [-0.2, 0) is 14.3 Å². The molecule has 0 spiro atoms. The first kappa shape index (κ1) is 18.9. The zero-order chi connectivity index (χ0) is 19.1. The predicted molar refractivity (Wildman–Crippen MR) is 94.4 cm³/mol. The van der Waals surface area contributed by atoms with Crippen molar-refractivity contribution < 1.29 is 24.0 Å². The third kappa shape index (κ3) is 4.76. The van der Waals surface area contributed by atoms with Gasteiger partial charge in [0, 0.05) is 12.1 Å². The minimum Gasteiger partial charge on any atom is -0.465 e. The van der Waals surface area contributed by atoms with Crippen LogP contribution in [0, 0.1) is 10.1 Å². The first-order valence-corrected chi connectivity index (χ1v) is 7.72. The summed E-state index contributed by atoms with van der Waals surface area (Å²) in [6.45, 7) is 1.57. The van der Waals surface area contributed by atoms with Crippen LogP contribution in [-0.4, -0.2) is 24.0 Å². The summed E-state index contributed by atoms with van der Waals surface area (Å²) in [7, 11) is 1.30. The van der Waals surface area contributed by atoms with Crippen molar-refractivity contribution in [1.82, 2.24) is 0 Å². The first-order valence-electron chi connectivity index (χ1n) is 7.72. The Kier molecular flexibility index (Phi) is 6.21. The Morgan fingerprint density at radius 3 is 2.38 bits per heavy atom. The standard InChI is InChI=1S/C19H17NO6/c1-13(16-5-3-4-6-17(16)20(23)24)26-18(21)12-9-14-7-10-15(11-8-14)19(22)25-2/h3-13H,1-2H3/b12-9+. The number of carbonyl (C=O) groups is 2. The van der Waals surface area contributed by atoms with Gasteiger partial charge in [0.1, 0.15) is 6.10 Å². The number of hydrogen-bond acceptors (Lipinski definition) is 6. The number of methoxy groups -OCH3 is 1. The van der Waals surface area contributed by atoms with E-state index in [2.05, 4.69) is 4.74 Å². The molecule has 7 heteroatoms. The molecule has 0 fully saturated rings. The van der Waals surface area contributed by atoms with Gasteiger partial charge in [-0.15, -0.1) is 0 Å². The zero-order valence-corrected chi connectivity index (χ0v) is 14.2. The van der Waals surface area contributed by atoms with E-state index in [0.29, 0.717) is 16.7 Å². The normalized spacial score (nSPS) is 11.8. The number of benzene rings is 2. The average molecular weight is 355 g/mol. The maximum atomic E-state index is 11.9. The highest BCUT2D eigenvalue weighted by atomic mass is 16.6. The summed E-state index contributed by atoms with van der Waals surface area (Å²) in [5, 5.41) is 11.0. The fraction of sp³-hybridized carbons (Fsp3) is 0.158. The van der Waals surface area contributed by atoms with E-state index in [1.807, 2.05) is 0 Å². The van der Waals surface area contributed by atoms with E-state index < -0.39 is 23.0 Å². The van der Waals surface area contributed by atoms with Crippen LogP contribution >= 0.6 is 0 Å². The van der Waals surface area contributed by atoms with Gasteiger partial charge in [0.25, 0.3) is 5.69 Å². The lowest BCUT2D eigenvalue weighted by molar-refractivity contribution is -0.386. The second-order valence-electron chi connectivity index (χ2n) is 5.34. The Bertz CT molecular complexity index is 841. The minimum atomic E-state index is -0.768. The molecule has 0 N–H and O–H groups in total. The highest BCUT2D eigenvalue weighted by molar-refractivity contribution is 5.90. The fourth-order valence-electron chi connectivity index (χ4n) is 2.29. The van der Waals surface area contributed by atoms with Crippen molar-refractivity contribution in [3.05, 3.63) is 81.4 Å². The topological polar surface area (TPSA) is 95.7 Å². The van der Waals surface area contributed by atoms with Crippen molar-refractivity contribution >= 4 is 23.7 Å². The molecule has 0 saturated carbocycles. The molecule has 0 aliphatic carbocycles. The van der Waals surface area contributed by atoms with Gasteiger partial charge in [-0.2, -0.15) is 0 Å². The molecule has 1 atom stereocenters. The van der Waals surface area contributed by atoms with Gasteiger partial charge in [0.05, 0.1) is 23.2 Å². The van der Waals surface area contributed by atoms with Gasteiger partial charge in [-0.3, -0.25) is 10.1 Å². The number of rotatable bonds is 6. The summed E-state index contributed by atoms with van der Waals surface area (Å²) in [5.74, 6) is -1.08.